The number of amides is 1. The fourth-order valence-corrected chi connectivity index (χ4v) is 2.63. The number of likely N-dealkylation sites (tertiary alicyclic amines) is 1. The van der Waals surface area contributed by atoms with Crippen molar-refractivity contribution in [1.29, 1.82) is 0 Å². The van der Waals surface area contributed by atoms with Crippen molar-refractivity contribution in [2.75, 3.05) is 12.3 Å². The molecule has 1 aliphatic heterocycles. The number of rotatable bonds is 2. The topological polar surface area (TPSA) is 75.8 Å². The van der Waals surface area contributed by atoms with Crippen molar-refractivity contribution in [2.24, 2.45) is 0 Å². The standard InChI is InChI=1S/C16H24N2O3/c1-16(2,3)21-15(20)18-8-4-5-12(18)9-11-6-7-13(19)10-14(11)17/h6-7,10,12,19H,4-5,8-9,17H2,1-3H3. The van der Waals surface area contributed by atoms with Crippen LogP contribution in [0.25, 0.3) is 0 Å². The summed E-state index contributed by atoms with van der Waals surface area (Å²) in [5, 5.41) is 9.40. The highest BCUT2D eigenvalue weighted by Crippen LogP contribution is 2.27. The maximum absolute atomic E-state index is 12.2. The Balaban J connectivity index is 2.06. The third kappa shape index (κ3) is 4.03. The molecule has 116 valence electrons. The highest BCUT2D eigenvalue weighted by molar-refractivity contribution is 5.69. The van der Waals surface area contributed by atoms with Gasteiger partial charge in [-0.15, -0.1) is 0 Å². The van der Waals surface area contributed by atoms with Gasteiger partial charge in [0.15, 0.2) is 0 Å². The number of phenols is 1. The van der Waals surface area contributed by atoms with Crippen molar-refractivity contribution in [1.82, 2.24) is 4.90 Å². The van der Waals surface area contributed by atoms with Crippen molar-refractivity contribution in [2.45, 2.75) is 51.7 Å². The van der Waals surface area contributed by atoms with Crippen molar-refractivity contribution in [3.63, 3.8) is 0 Å². The van der Waals surface area contributed by atoms with Crippen LogP contribution in [0.2, 0.25) is 0 Å². The molecule has 1 atom stereocenters. The first kappa shape index (κ1) is 15.5. The van der Waals surface area contributed by atoms with Crippen LogP contribution in [-0.4, -0.2) is 34.3 Å². The Morgan fingerprint density at radius 3 is 2.81 bits per heavy atom. The summed E-state index contributed by atoms with van der Waals surface area (Å²) in [5.74, 6) is 0.159. The number of hydrogen-bond donors (Lipinski definition) is 2. The van der Waals surface area contributed by atoms with Crippen LogP contribution in [0.4, 0.5) is 10.5 Å². The second-order valence-electron chi connectivity index (χ2n) is 6.56. The SMILES string of the molecule is CC(C)(C)OC(=O)N1CCCC1Cc1ccc(O)cc1N. The van der Waals surface area contributed by atoms with Gasteiger partial charge in [0.05, 0.1) is 0 Å². The van der Waals surface area contributed by atoms with Gasteiger partial charge in [-0.2, -0.15) is 0 Å². The molecule has 1 unspecified atom stereocenters. The number of hydrogen-bond acceptors (Lipinski definition) is 4. The van der Waals surface area contributed by atoms with Crippen LogP contribution in [0.15, 0.2) is 18.2 Å². The molecule has 0 spiro atoms. The molecule has 5 heteroatoms. The monoisotopic (exact) mass is 292 g/mol. The summed E-state index contributed by atoms with van der Waals surface area (Å²) in [6, 6.07) is 5.09. The van der Waals surface area contributed by atoms with Crippen molar-refractivity contribution >= 4 is 11.8 Å². The summed E-state index contributed by atoms with van der Waals surface area (Å²) in [7, 11) is 0. The Morgan fingerprint density at radius 2 is 2.19 bits per heavy atom. The first-order valence-corrected chi connectivity index (χ1v) is 7.33. The number of carbonyl (C=O) groups is 1. The summed E-state index contributed by atoms with van der Waals surface area (Å²) >= 11 is 0. The molecule has 1 fully saturated rings. The number of carbonyl (C=O) groups excluding carboxylic acids is 1. The Morgan fingerprint density at radius 1 is 1.48 bits per heavy atom. The molecule has 0 aliphatic carbocycles. The minimum Gasteiger partial charge on any atom is -0.508 e. The number of benzene rings is 1. The summed E-state index contributed by atoms with van der Waals surface area (Å²) in [5.41, 5.74) is 6.96. The van der Waals surface area contributed by atoms with Gasteiger partial charge in [-0.25, -0.2) is 4.79 Å². The summed E-state index contributed by atoms with van der Waals surface area (Å²) in [6.45, 7) is 6.33. The number of anilines is 1. The minimum atomic E-state index is -0.484. The van der Waals surface area contributed by atoms with E-state index in [0.717, 1.165) is 24.9 Å². The second-order valence-corrected chi connectivity index (χ2v) is 6.56. The lowest BCUT2D eigenvalue weighted by atomic mass is 10.0. The lowest BCUT2D eigenvalue weighted by molar-refractivity contribution is 0.0227. The molecular weight excluding hydrogens is 268 g/mol. The Labute approximate surface area is 125 Å². The smallest absolute Gasteiger partial charge is 0.410 e. The molecular formula is C16H24N2O3. The average Bonchev–Trinajstić information content (AvgIpc) is 2.79. The van der Waals surface area contributed by atoms with E-state index in [1.807, 2.05) is 26.8 Å². The highest BCUT2D eigenvalue weighted by atomic mass is 16.6. The third-order valence-corrected chi connectivity index (χ3v) is 3.59. The fraction of sp³-hybridized carbons (Fsp3) is 0.562. The molecule has 21 heavy (non-hydrogen) atoms. The van der Waals surface area contributed by atoms with E-state index in [1.54, 1.807) is 17.0 Å². The lowest BCUT2D eigenvalue weighted by Crippen LogP contribution is -2.40. The molecule has 0 radical (unpaired) electrons. The van der Waals surface area contributed by atoms with E-state index in [0.29, 0.717) is 12.1 Å². The minimum absolute atomic E-state index is 0.103. The van der Waals surface area contributed by atoms with Crippen LogP contribution in [0.3, 0.4) is 0 Å². The first-order valence-electron chi connectivity index (χ1n) is 7.33. The number of aromatic hydroxyl groups is 1. The van der Waals surface area contributed by atoms with E-state index in [4.69, 9.17) is 10.5 Å². The van der Waals surface area contributed by atoms with Crippen LogP contribution >= 0.6 is 0 Å². The zero-order chi connectivity index (χ0) is 15.6. The van der Waals surface area contributed by atoms with E-state index < -0.39 is 5.60 Å². The number of nitrogens with zero attached hydrogens (tertiary/aromatic N) is 1. The second kappa shape index (κ2) is 5.84. The van der Waals surface area contributed by atoms with E-state index in [-0.39, 0.29) is 17.9 Å². The van der Waals surface area contributed by atoms with Gasteiger partial charge in [-0.05, 0) is 51.7 Å². The molecule has 3 N–H and O–H groups in total. The molecule has 1 saturated heterocycles. The average molecular weight is 292 g/mol. The van der Waals surface area contributed by atoms with Gasteiger partial charge in [-0.1, -0.05) is 6.07 Å². The largest absolute Gasteiger partial charge is 0.508 e. The number of nitrogens with two attached hydrogens (primary N) is 1. The Bertz CT molecular complexity index is 523. The van der Waals surface area contributed by atoms with Crippen LogP contribution in [0.5, 0.6) is 5.75 Å². The number of nitrogen functional groups attached to an aromatic ring is 1. The molecule has 1 aromatic rings. The van der Waals surface area contributed by atoms with Crippen molar-refractivity contribution in [3.8, 4) is 5.75 Å². The van der Waals surface area contributed by atoms with Crippen LogP contribution in [0.1, 0.15) is 39.2 Å². The summed E-state index contributed by atoms with van der Waals surface area (Å²) in [6.07, 6.45) is 2.34. The molecule has 1 aromatic carbocycles. The molecule has 1 heterocycles. The summed E-state index contributed by atoms with van der Waals surface area (Å²) < 4.78 is 5.45. The zero-order valence-electron chi connectivity index (χ0n) is 12.9. The van der Waals surface area contributed by atoms with E-state index in [1.165, 1.54) is 0 Å². The predicted molar refractivity (Wildman–Crippen MR) is 82.2 cm³/mol. The quantitative estimate of drug-likeness (QED) is 0.822. The van der Waals surface area contributed by atoms with Gasteiger partial charge in [0.1, 0.15) is 11.4 Å². The summed E-state index contributed by atoms with van der Waals surface area (Å²) in [4.78, 5) is 14.0. The molecule has 1 aliphatic rings. The van der Waals surface area contributed by atoms with E-state index in [9.17, 15) is 9.90 Å². The van der Waals surface area contributed by atoms with Crippen LogP contribution in [-0.2, 0) is 11.2 Å². The van der Waals surface area contributed by atoms with Gasteiger partial charge >= 0.3 is 6.09 Å². The Hall–Kier alpha value is -1.91. The van der Waals surface area contributed by atoms with Gasteiger partial charge in [0.25, 0.3) is 0 Å². The molecule has 0 saturated carbocycles. The van der Waals surface area contributed by atoms with Gasteiger partial charge < -0.3 is 20.5 Å². The lowest BCUT2D eigenvalue weighted by Gasteiger charge is -2.29. The predicted octanol–water partition coefficient (Wildman–Crippen LogP) is 2.92. The van der Waals surface area contributed by atoms with Gasteiger partial charge in [0, 0.05) is 24.3 Å². The van der Waals surface area contributed by atoms with Gasteiger partial charge in [0.2, 0.25) is 0 Å². The molecule has 1 amide bonds. The maximum Gasteiger partial charge on any atom is 0.410 e. The maximum atomic E-state index is 12.2. The Kier molecular flexibility index (Phi) is 4.30. The van der Waals surface area contributed by atoms with E-state index >= 15 is 0 Å². The molecule has 2 rings (SSSR count). The molecule has 0 bridgehead atoms. The highest BCUT2D eigenvalue weighted by Gasteiger charge is 2.32. The van der Waals surface area contributed by atoms with Crippen molar-refractivity contribution < 1.29 is 14.6 Å². The normalized spacial score (nSPS) is 18.8. The number of ether oxygens (including phenoxy) is 1. The van der Waals surface area contributed by atoms with Crippen LogP contribution in [0, 0.1) is 0 Å². The third-order valence-electron chi connectivity index (χ3n) is 3.59. The molecule has 5 nitrogen and oxygen atoms in total. The van der Waals surface area contributed by atoms with E-state index in [2.05, 4.69) is 0 Å². The zero-order valence-corrected chi connectivity index (χ0v) is 12.9. The van der Waals surface area contributed by atoms with Crippen molar-refractivity contribution in [3.05, 3.63) is 23.8 Å². The fourth-order valence-electron chi connectivity index (χ4n) is 2.63. The molecule has 0 aromatic heterocycles. The first-order chi connectivity index (χ1) is 9.76. The number of phenolic OH excluding ortho intramolecular Hbond substituents is 1. The van der Waals surface area contributed by atoms with Gasteiger partial charge in [-0.3, -0.25) is 0 Å². The van der Waals surface area contributed by atoms with Crippen LogP contribution < -0.4 is 5.73 Å².